The smallest absolute Gasteiger partial charge is 0.231 e. The number of methoxy groups -OCH3 is 1. The van der Waals surface area contributed by atoms with Gasteiger partial charge in [-0.2, -0.15) is 4.73 Å². The zero-order valence-corrected chi connectivity index (χ0v) is 19.0. The molecule has 0 aliphatic carbocycles. The number of H-pyrrole nitrogens is 1. The summed E-state index contributed by atoms with van der Waals surface area (Å²) in [6.45, 7) is 1.98. The maximum Gasteiger partial charge on any atom is 0.231 e. The van der Waals surface area contributed by atoms with Crippen molar-refractivity contribution in [1.29, 1.82) is 0 Å². The van der Waals surface area contributed by atoms with Gasteiger partial charge in [0.15, 0.2) is 12.0 Å². The van der Waals surface area contributed by atoms with Crippen LogP contribution in [0.1, 0.15) is 21.7 Å². The number of fused-ring (bicyclic) bond motifs is 1. The van der Waals surface area contributed by atoms with Crippen LogP contribution in [0.3, 0.4) is 0 Å². The molecule has 0 atom stereocenters. The van der Waals surface area contributed by atoms with E-state index >= 15 is 0 Å². The maximum absolute atomic E-state index is 14.6. The predicted octanol–water partition coefficient (Wildman–Crippen LogP) is 3.09. The van der Waals surface area contributed by atoms with Gasteiger partial charge in [-0.15, -0.1) is 0 Å². The van der Waals surface area contributed by atoms with Crippen molar-refractivity contribution in [3.8, 4) is 17.0 Å². The molecule has 180 valence electrons. The second kappa shape index (κ2) is 9.06. The number of nitrogens with zero attached hydrogens (tertiary/aromatic N) is 3. The number of hydroxylamine groups is 3. The number of morpholine rings is 1. The van der Waals surface area contributed by atoms with Crippen LogP contribution < -0.4 is 9.47 Å². The number of quaternary nitrogens is 1. The van der Waals surface area contributed by atoms with Crippen LogP contribution in [0.25, 0.3) is 22.3 Å². The number of carbonyl (C=O) groups excluding carboxylic acids is 1. The van der Waals surface area contributed by atoms with Crippen LogP contribution in [-0.2, 0) is 11.3 Å². The van der Waals surface area contributed by atoms with E-state index in [1.54, 1.807) is 6.07 Å². The van der Waals surface area contributed by atoms with Gasteiger partial charge in [-0.1, -0.05) is 12.1 Å². The molecule has 0 bridgehead atoms. The number of imidazole rings is 1. The molecule has 0 saturated carbocycles. The van der Waals surface area contributed by atoms with Gasteiger partial charge in [0, 0.05) is 23.3 Å². The van der Waals surface area contributed by atoms with Crippen LogP contribution in [0.15, 0.2) is 54.7 Å². The number of aromatic nitrogens is 3. The summed E-state index contributed by atoms with van der Waals surface area (Å²) in [6, 6.07) is 12.3. The molecule has 9 nitrogen and oxygen atoms in total. The molecule has 0 amide bonds. The number of pyridine rings is 1. The fourth-order valence-electron chi connectivity index (χ4n) is 4.30. The minimum absolute atomic E-state index is 0.0355. The van der Waals surface area contributed by atoms with E-state index in [-0.39, 0.29) is 33.0 Å². The third-order valence-corrected chi connectivity index (χ3v) is 6.15. The number of halogens is 1. The molecular weight excluding hydrogens is 455 g/mol. The molecule has 1 saturated heterocycles. The van der Waals surface area contributed by atoms with E-state index in [1.807, 2.05) is 12.1 Å². The number of nitrogens with one attached hydrogen (secondary N) is 1. The van der Waals surface area contributed by atoms with Gasteiger partial charge in [-0.3, -0.25) is 4.79 Å². The Kier molecular flexibility index (Phi) is 5.93. The third-order valence-electron chi connectivity index (χ3n) is 6.15. The van der Waals surface area contributed by atoms with Crippen LogP contribution in [0, 0.1) is 16.2 Å². The number of carbonyl (C=O) groups is 1. The van der Waals surface area contributed by atoms with E-state index in [1.165, 1.54) is 37.4 Å². The zero-order chi connectivity index (χ0) is 24.6. The first-order valence-corrected chi connectivity index (χ1v) is 11.1. The molecule has 35 heavy (non-hydrogen) atoms. The number of benzene rings is 2. The molecule has 5 rings (SSSR count). The Morgan fingerprint density at radius 3 is 2.80 bits per heavy atom. The molecule has 1 N–H and O–H groups in total. The first kappa shape index (κ1) is 22.9. The summed E-state index contributed by atoms with van der Waals surface area (Å²) in [6.07, 6.45) is 1.15. The van der Waals surface area contributed by atoms with Crippen molar-refractivity contribution in [2.75, 3.05) is 33.4 Å². The Labute approximate surface area is 200 Å². The molecule has 0 radical (unpaired) electrons. The summed E-state index contributed by atoms with van der Waals surface area (Å²) >= 11 is 0. The second-order valence-corrected chi connectivity index (χ2v) is 8.49. The largest absolute Gasteiger partial charge is 0.632 e. The lowest BCUT2D eigenvalue weighted by molar-refractivity contribution is -0.901. The summed E-state index contributed by atoms with van der Waals surface area (Å²) in [5, 5.41) is 25.3. The summed E-state index contributed by atoms with van der Waals surface area (Å²) in [5.74, 6) is -0.853. The van der Waals surface area contributed by atoms with E-state index in [9.17, 15) is 19.6 Å². The van der Waals surface area contributed by atoms with Gasteiger partial charge in [0.05, 0.1) is 31.4 Å². The van der Waals surface area contributed by atoms with Crippen molar-refractivity contribution in [3.63, 3.8) is 0 Å². The predicted molar refractivity (Wildman–Crippen MR) is 125 cm³/mol. The van der Waals surface area contributed by atoms with Crippen molar-refractivity contribution >= 4 is 16.8 Å². The lowest BCUT2D eigenvalue weighted by atomic mass is 10.0. The van der Waals surface area contributed by atoms with Gasteiger partial charge in [0.25, 0.3) is 0 Å². The highest BCUT2D eigenvalue weighted by Crippen LogP contribution is 2.31. The quantitative estimate of drug-likeness (QED) is 0.197. The minimum Gasteiger partial charge on any atom is -0.632 e. The summed E-state index contributed by atoms with van der Waals surface area (Å²) in [4.78, 5) is 20.6. The molecule has 0 spiro atoms. The molecule has 10 heteroatoms. The number of rotatable bonds is 6. The molecule has 3 heterocycles. The van der Waals surface area contributed by atoms with Crippen LogP contribution in [-0.4, -0.2) is 53.8 Å². The number of hydrogen-bond donors (Lipinski definition) is 1. The molecule has 2 aromatic heterocycles. The lowest BCUT2D eigenvalue weighted by Gasteiger charge is -2.45. The average Bonchev–Trinajstić information content (AvgIpc) is 3.27. The summed E-state index contributed by atoms with van der Waals surface area (Å²) < 4.78 is 25.2. The SMILES string of the molecule is COc1cccc(F)c1-c1cc(C(=O)c2nc3ccc(C[N+]4([O-])CCOCC4)cc3[nH]2)cc[n+]1[O-]. The highest BCUT2D eigenvalue weighted by Gasteiger charge is 2.24. The van der Waals surface area contributed by atoms with Gasteiger partial charge >= 0.3 is 0 Å². The molecule has 4 aromatic rings. The van der Waals surface area contributed by atoms with Crippen molar-refractivity contribution < 1.29 is 28.0 Å². The molecule has 1 aliphatic rings. The monoisotopic (exact) mass is 478 g/mol. The normalized spacial score (nSPS) is 15.3. The van der Waals surface area contributed by atoms with Crippen molar-refractivity contribution in [1.82, 2.24) is 9.97 Å². The zero-order valence-electron chi connectivity index (χ0n) is 19.0. The van der Waals surface area contributed by atoms with E-state index in [2.05, 4.69) is 9.97 Å². The first-order valence-electron chi connectivity index (χ1n) is 11.1. The van der Waals surface area contributed by atoms with Crippen molar-refractivity contribution in [2.24, 2.45) is 0 Å². The fourth-order valence-corrected chi connectivity index (χ4v) is 4.30. The van der Waals surface area contributed by atoms with Crippen molar-refractivity contribution in [2.45, 2.75) is 6.54 Å². The molecule has 1 fully saturated rings. The minimum atomic E-state index is -0.645. The van der Waals surface area contributed by atoms with Crippen LogP contribution in [0.5, 0.6) is 5.75 Å². The number of hydrogen-bond acceptors (Lipinski definition) is 6. The summed E-state index contributed by atoms with van der Waals surface area (Å²) in [5.41, 5.74) is 2.09. The number of ketones is 1. The lowest BCUT2D eigenvalue weighted by Crippen LogP contribution is -2.49. The van der Waals surface area contributed by atoms with Crippen LogP contribution in [0.2, 0.25) is 0 Å². The number of aromatic amines is 1. The molecule has 1 aliphatic heterocycles. The van der Waals surface area contributed by atoms with Crippen LogP contribution >= 0.6 is 0 Å². The van der Waals surface area contributed by atoms with E-state index in [4.69, 9.17) is 9.47 Å². The van der Waals surface area contributed by atoms with Crippen molar-refractivity contribution in [3.05, 3.63) is 87.9 Å². The average molecular weight is 478 g/mol. The second-order valence-electron chi connectivity index (χ2n) is 8.49. The standard InChI is InChI=1S/C25H23FN4O5/c1-34-22-4-2-3-18(26)23(22)21-14-17(7-8-29(21)32)24(31)25-27-19-6-5-16(13-20(19)28-25)15-30(33)9-11-35-12-10-30/h2-8,13-14H,9-12,15H2,1H3,(H,27,28). The first-order chi connectivity index (χ1) is 16.9. The fraction of sp³-hybridized carbons (Fsp3) is 0.240. The Balaban J connectivity index is 1.46. The highest BCUT2D eigenvalue weighted by atomic mass is 19.1. The van der Waals surface area contributed by atoms with Gasteiger partial charge < -0.3 is 29.5 Å². The Hall–Kier alpha value is -3.86. The molecule has 2 aromatic carbocycles. The highest BCUT2D eigenvalue weighted by molar-refractivity contribution is 6.08. The maximum atomic E-state index is 14.6. The van der Waals surface area contributed by atoms with E-state index in [0.717, 1.165) is 11.8 Å². The van der Waals surface area contributed by atoms with E-state index in [0.29, 0.717) is 48.6 Å². The van der Waals surface area contributed by atoms with Gasteiger partial charge in [0.2, 0.25) is 11.5 Å². The van der Waals surface area contributed by atoms with Gasteiger partial charge in [-0.05, 0) is 24.3 Å². The topological polar surface area (TPSA) is 114 Å². The summed E-state index contributed by atoms with van der Waals surface area (Å²) in [7, 11) is 1.38. The molecule has 0 unspecified atom stereocenters. The Morgan fingerprint density at radius 2 is 2.03 bits per heavy atom. The molecular formula is C25H23FN4O5. The van der Waals surface area contributed by atoms with Gasteiger partial charge in [0.1, 0.15) is 36.8 Å². The van der Waals surface area contributed by atoms with Crippen LogP contribution in [0.4, 0.5) is 4.39 Å². The van der Waals surface area contributed by atoms with E-state index < -0.39 is 11.6 Å². The Morgan fingerprint density at radius 1 is 1.23 bits per heavy atom. The third kappa shape index (κ3) is 4.46. The Bertz CT molecular complexity index is 1410. The number of ether oxygens (including phenoxy) is 2. The van der Waals surface area contributed by atoms with Gasteiger partial charge in [-0.25, -0.2) is 9.37 Å².